The van der Waals surface area contributed by atoms with Crippen LogP contribution >= 0.6 is 0 Å². The second-order valence-electron chi connectivity index (χ2n) is 4.18. The van der Waals surface area contributed by atoms with Crippen LogP contribution in [0.2, 0.25) is 0 Å². The van der Waals surface area contributed by atoms with Crippen molar-refractivity contribution >= 4 is 17.5 Å². The molecular formula is C13H19N5O. The molecule has 0 saturated carbocycles. The molecule has 0 bridgehead atoms. The van der Waals surface area contributed by atoms with Crippen LogP contribution in [0.25, 0.3) is 5.65 Å². The molecule has 0 aliphatic rings. The fraction of sp³-hybridized carbons (Fsp3) is 0.462. The number of hydrogen-bond donors (Lipinski definition) is 1. The Morgan fingerprint density at radius 2 is 2.16 bits per heavy atom. The monoisotopic (exact) mass is 261 g/mol. The van der Waals surface area contributed by atoms with E-state index < -0.39 is 0 Å². The van der Waals surface area contributed by atoms with Gasteiger partial charge >= 0.3 is 0 Å². The standard InChI is InChI=1S/C13H19N5O/c1-3-17(4-2)12(19)8-9-14-13-15-11-7-5-6-10-18(11)16-13/h5-7,10H,3-4,8-9H2,1-2H3,(H,14,16). The molecule has 1 N–H and O–H groups in total. The third-order valence-corrected chi connectivity index (χ3v) is 2.98. The number of anilines is 1. The lowest BCUT2D eigenvalue weighted by molar-refractivity contribution is -0.130. The third kappa shape index (κ3) is 3.21. The van der Waals surface area contributed by atoms with Crippen molar-refractivity contribution in [3.63, 3.8) is 0 Å². The van der Waals surface area contributed by atoms with E-state index in [1.807, 2.05) is 43.1 Å². The van der Waals surface area contributed by atoms with Gasteiger partial charge in [-0.25, -0.2) is 4.52 Å². The van der Waals surface area contributed by atoms with Crippen LogP contribution in [0, 0.1) is 0 Å². The quantitative estimate of drug-likeness (QED) is 0.853. The molecule has 0 radical (unpaired) electrons. The summed E-state index contributed by atoms with van der Waals surface area (Å²) in [6, 6.07) is 5.70. The smallest absolute Gasteiger partial charge is 0.243 e. The first kappa shape index (κ1) is 13.3. The minimum Gasteiger partial charge on any atom is -0.352 e. The first-order valence-corrected chi connectivity index (χ1v) is 6.57. The average molecular weight is 261 g/mol. The lowest BCUT2D eigenvalue weighted by Gasteiger charge is -2.18. The first-order chi connectivity index (χ1) is 9.24. The van der Waals surface area contributed by atoms with E-state index in [2.05, 4.69) is 15.4 Å². The molecular weight excluding hydrogens is 242 g/mol. The van der Waals surface area contributed by atoms with Gasteiger partial charge in [0.15, 0.2) is 5.65 Å². The van der Waals surface area contributed by atoms with Gasteiger partial charge in [-0.1, -0.05) is 6.07 Å². The number of carbonyl (C=O) groups is 1. The van der Waals surface area contributed by atoms with Gasteiger partial charge in [0.1, 0.15) is 0 Å². The first-order valence-electron chi connectivity index (χ1n) is 6.57. The van der Waals surface area contributed by atoms with Crippen molar-refractivity contribution in [1.29, 1.82) is 0 Å². The van der Waals surface area contributed by atoms with Crippen LogP contribution in [0.3, 0.4) is 0 Å². The van der Waals surface area contributed by atoms with Gasteiger partial charge in [-0.2, -0.15) is 4.98 Å². The predicted molar refractivity (Wildman–Crippen MR) is 74.0 cm³/mol. The number of aromatic nitrogens is 3. The molecule has 1 amide bonds. The van der Waals surface area contributed by atoms with E-state index in [4.69, 9.17) is 0 Å². The predicted octanol–water partition coefficient (Wildman–Crippen LogP) is 1.40. The minimum atomic E-state index is 0.154. The summed E-state index contributed by atoms with van der Waals surface area (Å²) in [7, 11) is 0. The molecule has 0 fully saturated rings. The number of amides is 1. The van der Waals surface area contributed by atoms with Crippen LogP contribution in [0.1, 0.15) is 20.3 Å². The normalized spacial score (nSPS) is 10.6. The minimum absolute atomic E-state index is 0.154. The van der Waals surface area contributed by atoms with Gasteiger partial charge in [0.2, 0.25) is 11.9 Å². The Bertz CT molecular complexity index is 514. The van der Waals surface area contributed by atoms with Gasteiger partial charge in [0, 0.05) is 32.3 Å². The van der Waals surface area contributed by atoms with Gasteiger partial charge in [0.25, 0.3) is 0 Å². The maximum atomic E-state index is 11.8. The lowest BCUT2D eigenvalue weighted by atomic mass is 10.3. The van der Waals surface area contributed by atoms with Gasteiger partial charge < -0.3 is 10.2 Å². The Morgan fingerprint density at radius 1 is 1.37 bits per heavy atom. The van der Waals surface area contributed by atoms with Crippen molar-refractivity contribution in [3.8, 4) is 0 Å². The molecule has 0 atom stereocenters. The summed E-state index contributed by atoms with van der Waals surface area (Å²) in [5.74, 6) is 0.708. The second-order valence-corrected chi connectivity index (χ2v) is 4.18. The molecule has 0 aliphatic carbocycles. The Labute approximate surface area is 112 Å². The van der Waals surface area contributed by atoms with Crippen LogP contribution < -0.4 is 5.32 Å². The van der Waals surface area contributed by atoms with E-state index in [1.165, 1.54) is 0 Å². The average Bonchev–Trinajstić information content (AvgIpc) is 2.82. The van der Waals surface area contributed by atoms with E-state index in [9.17, 15) is 4.79 Å². The molecule has 6 heteroatoms. The summed E-state index contributed by atoms with van der Waals surface area (Å²) in [6.07, 6.45) is 2.30. The highest BCUT2D eigenvalue weighted by Crippen LogP contribution is 2.04. The van der Waals surface area contributed by atoms with Gasteiger partial charge in [-0.05, 0) is 26.0 Å². The maximum absolute atomic E-state index is 11.8. The number of nitrogens with zero attached hydrogens (tertiary/aromatic N) is 4. The molecule has 19 heavy (non-hydrogen) atoms. The van der Waals surface area contributed by atoms with E-state index in [0.29, 0.717) is 18.9 Å². The zero-order chi connectivity index (χ0) is 13.7. The number of hydrogen-bond acceptors (Lipinski definition) is 4. The fourth-order valence-electron chi connectivity index (χ4n) is 1.92. The highest BCUT2D eigenvalue weighted by atomic mass is 16.2. The lowest BCUT2D eigenvalue weighted by Crippen LogP contribution is -2.31. The second kappa shape index (κ2) is 6.17. The molecule has 2 aromatic rings. The Morgan fingerprint density at radius 3 is 2.84 bits per heavy atom. The van der Waals surface area contributed by atoms with Gasteiger partial charge in [0.05, 0.1) is 0 Å². The molecule has 2 aromatic heterocycles. The van der Waals surface area contributed by atoms with E-state index in [0.717, 1.165) is 18.7 Å². The summed E-state index contributed by atoms with van der Waals surface area (Å²) in [4.78, 5) is 17.9. The van der Waals surface area contributed by atoms with Gasteiger partial charge in [-0.15, -0.1) is 5.10 Å². The van der Waals surface area contributed by atoms with Crippen molar-refractivity contribution in [2.75, 3.05) is 25.0 Å². The van der Waals surface area contributed by atoms with Crippen LogP contribution in [-0.4, -0.2) is 45.0 Å². The van der Waals surface area contributed by atoms with Crippen LogP contribution in [0.5, 0.6) is 0 Å². The summed E-state index contributed by atoms with van der Waals surface area (Å²) in [5, 5.41) is 7.34. The maximum Gasteiger partial charge on any atom is 0.243 e. The fourth-order valence-corrected chi connectivity index (χ4v) is 1.92. The Balaban J connectivity index is 1.87. The SMILES string of the molecule is CCN(CC)C(=O)CCNc1nc2ccccn2n1. The number of pyridine rings is 1. The molecule has 2 rings (SSSR count). The summed E-state index contributed by atoms with van der Waals surface area (Å²) >= 11 is 0. The Kier molecular flexibility index (Phi) is 4.33. The van der Waals surface area contributed by atoms with E-state index in [1.54, 1.807) is 4.52 Å². The molecule has 6 nitrogen and oxygen atoms in total. The van der Waals surface area contributed by atoms with Gasteiger partial charge in [-0.3, -0.25) is 4.79 Å². The van der Waals surface area contributed by atoms with Crippen LogP contribution in [0.4, 0.5) is 5.95 Å². The summed E-state index contributed by atoms with van der Waals surface area (Å²) in [6.45, 7) is 6.02. The molecule has 0 aromatic carbocycles. The number of nitrogens with one attached hydrogen (secondary N) is 1. The van der Waals surface area contributed by atoms with Crippen molar-refractivity contribution < 1.29 is 4.79 Å². The molecule has 2 heterocycles. The Hall–Kier alpha value is -2.11. The zero-order valence-electron chi connectivity index (χ0n) is 11.3. The van der Waals surface area contributed by atoms with Crippen LogP contribution in [0.15, 0.2) is 24.4 Å². The highest BCUT2D eigenvalue weighted by Gasteiger charge is 2.09. The largest absolute Gasteiger partial charge is 0.352 e. The van der Waals surface area contributed by atoms with Crippen molar-refractivity contribution in [1.82, 2.24) is 19.5 Å². The topological polar surface area (TPSA) is 62.5 Å². The van der Waals surface area contributed by atoms with Crippen molar-refractivity contribution in [2.45, 2.75) is 20.3 Å². The highest BCUT2D eigenvalue weighted by molar-refractivity contribution is 5.76. The number of carbonyl (C=O) groups excluding carboxylic acids is 1. The third-order valence-electron chi connectivity index (χ3n) is 2.98. The van der Waals surface area contributed by atoms with Crippen molar-refractivity contribution in [3.05, 3.63) is 24.4 Å². The molecule has 102 valence electrons. The van der Waals surface area contributed by atoms with Crippen LogP contribution in [-0.2, 0) is 4.79 Å². The molecule has 0 spiro atoms. The molecule has 0 unspecified atom stereocenters. The number of rotatable bonds is 6. The molecule has 0 saturated heterocycles. The summed E-state index contributed by atoms with van der Waals surface area (Å²) < 4.78 is 1.70. The zero-order valence-corrected chi connectivity index (χ0v) is 11.3. The number of fused-ring (bicyclic) bond motifs is 1. The van der Waals surface area contributed by atoms with E-state index >= 15 is 0 Å². The molecule has 0 aliphatic heterocycles. The van der Waals surface area contributed by atoms with Crippen molar-refractivity contribution in [2.24, 2.45) is 0 Å². The van der Waals surface area contributed by atoms with E-state index in [-0.39, 0.29) is 5.91 Å². The summed E-state index contributed by atoms with van der Waals surface area (Å²) in [5.41, 5.74) is 0.792.